The highest BCUT2D eigenvalue weighted by Gasteiger charge is 1.76. The fourth-order valence-electron chi connectivity index (χ4n) is 0. The van der Waals surface area contributed by atoms with Crippen molar-refractivity contribution in [3.8, 4) is 0 Å². The van der Waals surface area contributed by atoms with Gasteiger partial charge in [-0.25, -0.2) is 4.39 Å². The Morgan fingerprint density at radius 1 is 2.00 bits per heavy atom. The maximum Gasteiger partial charge on any atom is 0.173 e. The second-order valence-electron chi connectivity index (χ2n) is 0.792. The van der Waals surface area contributed by atoms with E-state index in [0.29, 0.717) is 0 Å². The number of halogens is 1. The van der Waals surface area contributed by atoms with Crippen molar-refractivity contribution in [3.05, 3.63) is 6.67 Å². The van der Waals surface area contributed by atoms with Crippen molar-refractivity contribution in [2.75, 3.05) is 0 Å². The molecule has 0 aromatic heterocycles. The molecule has 0 aromatic carbocycles. The second-order valence-corrected chi connectivity index (χ2v) is 0.792. The summed E-state index contributed by atoms with van der Waals surface area (Å²) in [6.07, 6.45) is 0. The Balaban J connectivity index is 2.85. The van der Waals surface area contributed by atoms with Crippen molar-refractivity contribution in [2.24, 2.45) is 0 Å². The third-order valence-corrected chi connectivity index (χ3v) is 0.164. The summed E-state index contributed by atoms with van der Waals surface area (Å²) in [4.78, 5) is 0. The molecule has 5 heavy (non-hydrogen) atoms. The number of nitrogens with one attached hydrogen (secondary N) is 1. The van der Waals surface area contributed by atoms with Gasteiger partial charge in [0, 0.05) is 5.71 Å². The molecule has 1 N–H and O–H groups in total. The van der Waals surface area contributed by atoms with Crippen LogP contribution in [-0.2, 0) is 0 Å². The fourth-order valence-corrected chi connectivity index (χ4v) is 0. The predicted molar refractivity (Wildman–Crippen MR) is 18.8 cm³/mol. The Bertz CT molecular complexity index is 42.2. The Morgan fingerprint density at radius 3 is 2.20 bits per heavy atom. The van der Waals surface area contributed by atoms with Gasteiger partial charge in [-0.2, -0.15) is 0 Å². The van der Waals surface area contributed by atoms with E-state index in [9.17, 15) is 4.39 Å². The lowest BCUT2D eigenvalue weighted by molar-refractivity contribution is 0.668. The molecule has 1 nitrogen and oxygen atoms in total. The lowest BCUT2D eigenvalue weighted by Gasteiger charge is -1.72. The number of hydrogen-bond acceptors (Lipinski definition) is 1. The van der Waals surface area contributed by atoms with Crippen LogP contribution < -0.4 is 0 Å². The van der Waals surface area contributed by atoms with E-state index in [1.165, 1.54) is 6.92 Å². The first-order chi connectivity index (χ1) is 2.27. The van der Waals surface area contributed by atoms with Crippen LogP contribution in [-0.4, -0.2) is 5.71 Å². The first-order valence-electron chi connectivity index (χ1n) is 1.26. The lowest BCUT2D eigenvalue weighted by atomic mass is 10.5. The molecule has 29 valence electrons. The highest BCUT2D eigenvalue weighted by atomic mass is 19.1. The zero-order valence-corrected chi connectivity index (χ0v) is 2.96. The second kappa shape index (κ2) is 1.88. The third kappa shape index (κ3) is 3.60. The van der Waals surface area contributed by atoms with Gasteiger partial charge in [-0.05, 0) is 6.92 Å². The van der Waals surface area contributed by atoms with E-state index >= 15 is 0 Å². The van der Waals surface area contributed by atoms with Gasteiger partial charge in [0.1, 0.15) is 0 Å². The van der Waals surface area contributed by atoms with E-state index in [1.807, 2.05) is 0 Å². The van der Waals surface area contributed by atoms with Crippen molar-refractivity contribution in [1.29, 1.82) is 5.41 Å². The maximum atomic E-state index is 10.8. The third-order valence-electron chi connectivity index (χ3n) is 0.164. The minimum atomic E-state index is -0.0370. The minimum absolute atomic E-state index is 0.0370. The summed E-state index contributed by atoms with van der Waals surface area (Å²) in [5.74, 6) is 0. The average Bonchev–Trinajstić information content (AvgIpc) is 1.38. The first kappa shape index (κ1) is 4.60. The molecule has 0 saturated carbocycles. The van der Waals surface area contributed by atoms with Crippen molar-refractivity contribution < 1.29 is 4.39 Å². The van der Waals surface area contributed by atoms with Crippen LogP contribution in [0, 0.1) is 12.1 Å². The summed E-state index contributed by atoms with van der Waals surface area (Å²) >= 11 is 0. The summed E-state index contributed by atoms with van der Waals surface area (Å²) in [6.45, 7) is 1.62. The Morgan fingerprint density at radius 2 is 2.20 bits per heavy atom. The average molecular weight is 74.1 g/mol. The van der Waals surface area contributed by atoms with Gasteiger partial charge >= 0.3 is 0 Å². The molecule has 0 bridgehead atoms. The van der Waals surface area contributed by atoms with Crippen LogP contribution in [0.1, 0.15) is 6.92 Å². The molecule has 0 aliphatic carbocycles. The predicted octanol–water partition coefficient (Wildman–Crippen LogP) is 1.16. The maximum absolute atomic E-state index is 10.8. The first-order valence-corrected chi connectivity index (χ1v) is 1.26. The molecule has 0 unspecified atom stereocenters. The molecule has 0 rings (SSSR count). The smallest absolute Gasteiger partial charge is 0.173 e. The highest BCUT2D eigenvalue weighted by molar-refractivity contribution is 5.85. The van der Waals surface area contributed by atoms with Gasteiger partial charge in [0.2, 0.25) is 0 Å². The van der Waals surface area contributed by atoms with E-state index in [4.69, 9.17) is 5.41 Å². The van der Waals surface area contributed by atoms with Crippen LogP contribution in [0.25, 0.3) is 0 Å². The number of rotatable bonds is 1. The van der Waals surface area contributed by atoms with Gasteiger partial charge < -0.3 is 5.41 Å². The van der Waals surface area contributed by atoms with Crippen LogP contribution in [0.4, 0.5) is 4.39 Å². The minimum Gasteiger partial charge on any atom is -0.307 e. The molecule has 0 spiro atoms. The normalized spacial score (nSPS) is 7.60. The van der Waals surface area contributed by atoms with Gasteiger partial charge in [-0.3, -0.25) is 0 Å². The van der Waals surface area contributed by atoms with Gasteiger partial charge in [-0.15, -0.1) is 0 Å². The summed E-state index contributed by atoms with van der Waals surface area (Å²) in [7, 11) is 0. The molecule has 0 aliphatic heterocycles. The quantitative estimate of drug-likeness (QED) is 0.451. The molecule has 2 heteroatoms. The van der Waals surface area contributed by atoms with Crippen LogP contribution in [0.3, 0.4) is 0 Å². The highest BCUT2D eigenvalue weighted by Crippen LogP contribution is 1.75. The van der Waals surface area contributed by atoms with Crippen LogP contribution in [0.5, 0.6) is 0 Å². The number of hydrogen-bond donors (Lipinski definition) is 1. The van der Waals surface area contributed by atoms with Gasteiger partial charge in [-0.1, -0.05) is 0 Å². The summed E-state index contributed by atoms with van der Waals surface area (Å²) < 4.78 is 10.8. The molecule has 0 heterocycles. The van der Waals surface area contributed by atoms with Crippen molar-refractivity contribution in [3.63, 3.8) is 0 Å². The molecule has 0 saturated heterocycles. The Labute approximate surface area is 30.3 Å². The monoisotopic (exact) mass is 74.0 g/mol. The van der Waals surface area contributed by atoms with E-state index in [0.717, 1.165) is 0 Å². The summed E-state index contributed by atoms with van der Waals surface area (Å²) in [5, 5.41) is 6.31. The van der Waals surface area contributed by atoms with Crippen LogP contribution >= 0.6 is 0 Å². The topological polar surface area (TPSA) is 23.9 Å². The van der Waals surface area contributed by atoms with Gasteiger partial charge in [0.15, 0.2) is 6.67 Å². The molecular formula is C3H5FN. The SMILES string of the molecule is CC(=N)[CH]F. The van der Waals surface area contributed by atoms with Crippen LogP contribution in [0.15, 0.2) is 0 Å². The molecule has 0 atom stereocenters. The Hall–Kier alpha value is -0.400. The van der Waals surface area contributed by atoms with Crippen molar-refractivity contribution in [1.82, 2.24) is 0 Å². The molecule has 0 aliphatic rings. The molecular weight excluding hydrogens is 69.0 g/mol. The van der Waals surface area contributed by atoms with Gasteiger partial charge in [0.25, 0.3) is 0 Å². The molecule has 0 amide bonds. The molecule has 0 aromatic rings. The standard InChI is InChI=1S/C3H5FN/c1-3(5)2-4/h2,5H,1H3. The molecule has 1 radical (unpaired) electrons. The lowest BCUT2D eigenvalue weighted by Crippen LogP contribution is -1.78. The zero-order chi connectivity index (χ0) is 4.28. The Kier molecular flexibility index (Phi) is 1.73. The van der Waals surface area contributed by atoms with E-state index in [2.05, 4.69) is 0 Å². The summed E-state index contributed by atoms with van der Waals surface area (Å²) in [5.41, 5.74) is -0.0370. The fraction of sp³-hybridized carbons (Fsp3) is 0.333. The van der Waals surface area contributed by atoms with E-state index in [1.54, 1.807) is 0 Å². The summed E-state index contributed by atoms with van der Waals surface area (Å²) in [6, 6.07) is 0. The zero-order valence-electron chi connectivity index (χ0n) is 2.96. The van der Waals surface area contributed by atoms with Crippen molar-refractivity contribution >= 4 is 5.71 Å². The largest absolute Gasteiger partial charge is 0.307 e. The van der Waals surface area contributed by atoms with Crippen LogP contribution in [0.2, 0.25) is 0 Å². The van der Waals surface area contributed by atoms with Gasteiger partial charge in [0.05, 0.1) is 0 Å². The van der Waals surface area contributed by atoms with Crippen molar-refractivity contribution in [2.45, 2.75) is 6.92 Å². The van der Waals surface area contributed by atoms with E-state index < -0.39 is 0 Å². The van der Waals surface area contributed by atoms with E-state index in [-0.39, 0.29) is 12.4 Å². The molecule has 0 fully saturated rings.